The van der Waals surface area contributed by atoms with Gasteiger partial charge in [-0.1, -0.05) is 47.5 Å². The van der Waals surface area contributed by atoms with Crippen molar-refractivity contribution >= 4 is 40.8 Å². The summed E-state index contributed by atoms with van der Waals surface area (Å²) in [5, 5.41) is 0.613. The Kier molecular flexibility index (Phi) is 5.84. The fourth-order valence-electron chi connectivity index (χ4n) is 3.47. The summed E-state index contributed by atoms with van der Waals surface area (Å²) in [6.07, 6.45) is 1.60. The topological polar surface area (TPSA) is 50.5 Å². The Hall–Kier alpha value is -2.76. The van der Waals surface area contributed by atoms with Gasteiger partial charge in [0.2, 0.25) is 0 Å². The molecule has 1 aromatic heterocycles. The number of hydrogen-bond acceptors (Lipinski definition) is 4. The highest BCUT2D eigenvalue weighted by molar-refractivity contribution is 8.03. The van der Waals surface area contributed by atoms with E-state index in [0.29, 0.717) is 21.3 Å². The van der Waals surface area contributed by atoms with Crippen LogP contribution in [0.3, 0.4) is 0 Å². The lowest BCUT2D eigenvalue weighted by atomic mass is 9.99. The van der Waals surface area contributed by atoms with E-state index in [1.54, 1.807) is 18.4 Å². The van der Waals surface area contributed by atoms with Crippen LogP contribution in [0, 0.1) is 13.8 Å². The van der Waals surface area contributed by atoms with Crippen molar-refractivity contribution < 1.29 is 14.0 Å². The van der Waals surface area contributed by atoms with E-state index in [1.165, 1.54) is 16.7 Å². The molecule has 152 valence electrons. The van der Waals surface area contributed by atoms with Gasteiger partial charge in [-0.05, 0) is 54.8 Å². The minimum absolute atomic E-state index is 0.202. The lowest BCUT2D eigenvalue weighted by Gasteiger charge is -2.15. The molecule has 3 aromatic rings. The van der Waals surface area contributed by atoms with Gasteiger partial charge < -0.3 is 4.42 Å². The van der Waals surface area contributed by atoms with Crippen molar-refractivity contribution in [1.29, 1.82) is 0 Å². The van der Waals surface area contributed by atoms with Gasteiger partial charge in [0.05, 0.1) is 29.0 Å². The van der Waals surface area contributed by atoms with Crippen molar-refractivity contribution in [2.75, 3.05) is 0 Å². The van der Waals surface area contributed by atoms with E-state index in [2.05, 4.69) is 0 Å². The number of thioether (sulfide) groups is 1. The number of carbonyl (C=O) groups excluding carboxylic acids is 2. The van der Waals surface area contributed by atoms with Gasteiger partial charge >= 0.3 is 0 Å². The van der Waals surface area contributed by atoms with Crippen LogP contribution in [-0.4, -0.2) is 16.7 Å². The first-order valence-electron chi connectivity index (χ1n) is 9.52. The molecule has 4 rings (SSSR count). The molecule has 0 N–H and O–H groups in total. The molecule has 0 saturated heterocycles. The molecule has 4 nitrogen and oxygen atoms in total. The molecule has 0 radical (unpaired) electrons. The number of rotatable bonds is 6. The van der Waals surface area contributed by atoms with Gasteiger partial charge in [0, 0.05) is 5.02 Å². The van der Waals surface area contributed by atoms with Crippen molar-refractivity contribution in [2.45, 2.75) is 26.1 Å². The second kappa shape index (κ2) is 8.54. The maximum absolute atomic E-state index is 13.4. The highest BCUT2D eigenvalue weighted by Crippen LogP contribution is 2.39. The summed E-state index contributed by atoms with van der Waals surface area (Å²) < 4.78 is 5.40. The Morgan fingerprint density at radius 1 is 1.00 bits per heavy atom. The predicted octanol–water partition coefficient (Wildman–Crippen LogP) is 5.76. The van der Waals surface area contributed by atoms with Crippen LogP contribution < -0.4 is 0 Å². The van der Waals surface area contributed by atoms with Gasteiger partial charge in [0.15, 0.2) is 0 Å². The molecule has 30 heavy (non-hydrogen) atoms. The molecule has 2 amide bonds. The highest BCUT2D eigenvalue weighted by atomic mass is 35.5. The number of amides is 2. The molecule has 1 aliphatic heterocycles. The van der Waals surface area contributed by atoms with Crippen LogP contribution in [0.25, 0.3) is 5.57 Å². The second-order valence-electron chi connectivity index (χ2n) is 7.21. The third kappa shape index (κ3) is 4.09. The number of aryl methyl sites for hydroxylation is 2. The van der Waals surface area contributed by atoms with Crippen LogP contribution in [-0.2, 0) is 21.9 Å². The molecule has 0 fully saturated rings. The molecule has 0 spiro atoms. The van der Waals surface area contributed by atoms with Crippen LogP contribution in [0.4, 0.5) is 0 Å². The zero-order valence-electron chi connectivity index (χ0n) is 16.6. The summed E-state index contributed by atoms with van der Waals surface area (Å²) in [4.78, 5) is 28.4. The first-order valence-corrected chi connectivity index (χ1v) is 10.9. The molecule has 0 unspecified atom stereocenters. The smallest absolute Gasteiger partial charge is 0.268 e. The number of halogens is 1. The molecular weight excluding hydrogens is 418 g/mol. The molecule has 1 aliphatic rings. The van der Waals surface area contributed by atoms with Gasteiger partial charge in [0.1, 0.15) is 5.76 Å². The zero-order chi connectivity index (χ0) is 21.3. The SMILES string of the molecule is Cc1ccc(C2=C(SCc3ccco3)C(=O)N(Cc3ccc(Cl)cc3)C2=O)c(C)c1. The lowest BCUT2D eigenvalue weighted by Crippen LogP contribution is -2.31. The Morgan fingerprint density at radius 3 is 2.43 bits per heavy atom. The van der Waals surface area contributed by atoms with Crippen LogP contribution in [0.5, 0.6) is 0 Å². The van der Waals surface area contributed by atoms with Gasteiger partial charge in [-0.15, -0.1) is 11.8 Å². The van der Waals surface area contributed by atoms with E-state index >= 15 is 0 Å². The number of carbonyl (C=O) groups is 2. The first-order chi connectivity index (χ1) is 14.4. The van der Waals surface area contributed by atoms with Crippen LogP contribution in [0.2, 0.25) is 5.02 Å². The number of furan rings is 1. The third-order valence-electron chi connectivity index (χ3n) is 4.97. The summed E-state index contributed by atoms with van der Waals surface area (Å²) in [6, 6.07) is 16.7. The summed E-state index contributed by atoms with van der Waals surface area (Å²) in [5.41, 5.74) is 4.17. The van der Waals surface area contributed by atoms with Gasteiger partial charge in [0.25, 0.3) is 11.8 Å². The number of benzene rings is 2. The maximum Gasteiger partial charge on any atom is 0.268 e. The quantitative estimate of drug-likeness (QED) is 0.460. The Balaban J connectivity index is 1.70. The van der Waals surface area contributed by atoms with Crippen LogP contribution in [0.15, 0.2) is 70.2 Å². The average molecular weight is 438 g/mol. The average Bonchev–Trinajstić information content (AvgIpc) is 3.31. The minimum Gasteiger partial charge on any atom is -0.468 e. The summed E-state index contributed by atoms with van der Waals surface area (Å²) in [6.45, 7) is 4.17. The Bertz CT molecular complexity index is 1130. The fourth-order valence-corrected chi connectivity index (χ4v) is 4.63. The van der Waals surface area contributed by atoms with Crippen molar-refractivity contribution in [1.82, 2.24) is 4.90 Å². The van der Waals surface area contributed by atoms with Gasteiger partial charge in [-0.2, -0.15) is 0 Å². The van der Waals surface area contributed by atoms with E-state index in [1.807, 2.05) is 56.3 Å². The fraction of sp³-hybridized carbons (Fsp3) is 0.167. The monoisotopic (exact) mass is 437 g/mol. The van der Waals surface area contributed by atoms with Crippen LogP contribution in [0.1, 0.15) is 28.0 Å². The third-order valence-corrected chi connectivity index (χ3v) is 6.32. The molecule has 6 heteroatoms. The van der Waals surface area contributed by atoms with Crippen LogP contribution >= 0.6 is 23.4 Å². The molecule has 0 bridgehead atoms. The van der Waals surface area contributed by atoms with E-state index in [0.717, 1.165) is 28.0 Å². The first kappa shape index (κ1) is 20.5. The van der Waals surface area contributed by atoms with Crippen molar-refractivity contribution in [3.05, 3.63) is 98.8 Å². The molecule has 0 atom stereocenters. The lowest BCUT2D eigenvalue weighted by molar-refractivity contribution is -0.137. The Morgan fingerprint density at radius 2 is 1.77 bits per heavy atom. The summed E-state index contributed by atoms with van der Waals surface area (Å²) >= 11 is 7.30. The second-order valence-corrected chi connectivity index (χ2v) is 8.64. The zero-order valence-corrected chi connectivity index (χ0v) is 18.2. The predicted molar refractivity (Wildman–Crippen MR) is 120 cm³/mol. The molecule has 2 aromatic carbocycles. The summed E-state index contributed by atoms with van der Waals surface area (Å²) in [7, 11) is 0. The minimum atomic E-state index is -0.276. The summed E-state index contributed by atoms with van der Waals surface area (Å²) in [5.74, 6) is 0.680. The molecular formula is C24H20ClNO3S. The van der Waals surface area contributed by atoms with Crippen molar-refractivity contribution in [3.8, 4) is 0 Å². The number of imide groups is 1. The molecule has 2 heterocycles. The highest BCUT2D eigenvalue weighted by Gasteiger charge is 2.39. The van der Waals surface area contributed by atoms with Gasteiger partial charge in [-0.25, -0.2) is 0 Å². The van der Waals surface area contributed by atoms with E-state index in [-0.39, 0.29) is 18.4 Å². The Labute approximate surface area is 184 Å². The van der Waals surface area contributed by atoms with Crippen molar-refractivity contribution in [3.63, 3.8) is 0 Å². The van der Waals surface area contributed by atoms with Gasteiger partial charge in [-0.3, -0.25) is 14.5 Å². The van der Waals surface area contributed by atoms with E-state index in [4.69, 9.17) is 16.0 Å². The van der Waals surface area contributed by atoms with E-state index < -0.39 is 0 Å². The van der Waals surface area contributed by atoms with Crippen molar-refractivity contribution in [2.24, 2.45) is 0 Å². The molecule has 0 saturated carbocycles. The van der Waals surface area contributed by atoms with E-state index in [9.17, 15) is 9.59 Å². The maximum atomic E-state index is 13.4. The standard InChI is InChI=1S/C24H20ClNO3S/c1-15-5-10-20(16(2)12-15)21-22(30-14-19-4-3-11-29-19)24(28)26(23(21)27)13-17-6-8-18(25)9-7-17/h3-12H,13-14H2,1-2H3. The largest absolute Gasteiger partial charge is 0.468 e. The number of hydrogen-bond donors (Lipinski definition) is 0. The normalized spacial score (nSPS) is 14.2. The molecule has 0 aliphatic carbocycles. The number of nitrogens with zero attached hydrogens (tertiary/aromatic N) is 1.